The number of aromatic amines is 1. The third-order valence-electron chi connectivity index (χ3n) is 6.80. The zero-order chi connectivity index (χ0) is 32.8. The minimum absolute atomic E-state index is 0.0404. The summed E-state index contributed by atoms with van der Waals surface area (Å²) in [7, 11) is 2.88. The summed E-state index contributed by atoms with van der Waals surface area (Å²) in [5.74, 6) is -1.35. The molecule has 236 valence electrons. The number of aromatic nitrogens is 2. The van der Waals surface area contributed by atoms with E-state index < -0.39 is 35.9 Å². The second-order valence-electron chi connectivity index (χ2n) is 9.88. The lowest BCUT2D eigenvalue weighted by molar-refractivity contribution is -0.119. The number of ether oxygens (including phenoxy) is 4. The molecule has 1 amide bonds. The molecule has 4 rings (SSSR count). The van der Waals surface area contributed by atoms with Gasteiger partial charge in [0.25, 0.3) is 5.56 Å². The number of halogens is 1. The Hall–Kier alpha value is -5.14. The van der Waals surface area contributed by atoms with Gasteiger partial charge in [0, 0.05) is 65.9 Å². The second kappa shape index (κ2) is 14.1. The molecule has 2 aromatic heterocycles. The molecular weight excluding hydrogens is 610 g/mol. The van der Waals surface area contributed by atoms with E-state index in [1.165, 1.54) is 51.0 Å². The lowest BCUT2D eigenvalue weighted by Gasteiger charge is -2.21. The molecule has 14 heteroatoms. The van der Waals surface area contributed by atoms with E-state index in [1.54, 1.807) is 36.4 Å². The Morgan fingerprint density at radius 3 is 2.44 bits per heavy atom. The highest BCUT2D eigenvalue weighted by Gasteiger charge is 2.25. The highest BCUT2D eigenvalue weighted by molar-refractivity contribution is 6.31. The normalized spacial score (nSPS) is 12.3. The van der Waals surface area contributed by atoms with E-state index in [1.807, 2.05) is 0 Å². The smallest absolute Gasteiger partial charge is 0.495 e. The number of benzene rings is 2. The van der Waals surface area contributed by atoms with Gasteiger partial charge >= 0.3 is 12.1 Å². The number of anilines is 1. The van der Waals surface area contributed by atoms with Crippen molar-refractivity contribution in [2.45, 2.75) is 32.6 Å². The Balaban J connectivity index is 1.64. The molecule has 0 bridgehead atoms. The van der Waals surface area contributed by atoms with Crippen molar-refractivity contribution in [2.24, 2.45) is 0 Å². The topological polar surface area (TPSA) is 175 Å². The number of carboxylic acid groups (broad SMARTS) is 1. The predicted octanol–water partition coefficient (Wildman–Crippen LogP) is 5.27. The van der Waals surface area contributed by atoms with E-state index >= 15 is 0 Å². The molecule has 0 radical (unpaired) electrons. The Labute approximate surface area is 261 Å². The third-order valence-corrected chi connectivity index (χ3v) is 7.03. The van der Waals surface area contributed by atoms with Gasteiger partial charge in [-0.05, 0) is 55.0 Å². The van der Waals surface area contributed by atoms with E-state index in [4.69, 9.17) is 30.9 Å². The number of hydrogen-bond donors (Lipinski definition) is 3. The molecule has 45 heavy (non-hydrogen) atoms. The first-order valence-electron chi connectivity index (χ1n) is 13.6. The standard InChI is InChI=1S/C31H30ClN3O10/c1-16(36)21-7-5-19(32)13-22(21)23-14-28(37)35(15-27(23)43-4)26(9-10-42-3)29(38)33-20-6-8-24-18(11-20)12-25(34-24)30(39)44-17(2)45-31(40)41/h5-8,11-15,17,26,34H,9-10H2,1-4H3,(H,33,38)(H,40,41)/t17?,26-/m1/s1. The van der Waals surface area contributed by atoms with Crippen LogP contribution < -0.4 is 15.6 Å². The van der Waals surface area contributed by atoms with Crippen LogP contribution in [0.2, 0.25) is 5.02 Å². The van der Waals surface area contributed by atoms with Crippen LogP contribution in [0.1, 0.15) is 47.2 Å². The van der Waals surface area contributed by atoms with Crippen LogP contribution in [-0.4, -0.2) is 65.6 Å². The Bertz CT molecular complexity index is 1830. The minimum Gasteiger partial charge on any atom is -0.495 e. The second-order valence-corrected chi connectivity index (χ2v) is 10.3. The Kier molecular flexibility index (Phi) is 10.3. The monoisotopic (exact) mass is 639 g/mol. The molecule has 0 aliphatic rings. The van der Waals surface area contributed by atoms with E-state index in [0.29, 0.717) is 38.3 Å². The van der Waals surface area contributed by atoms with Gasteiger partial charge < -0.3 is 34.4 Å². The van der Waals surface area contributed by atoms with Crippen LogP contribution in [0.25, 0.3) is 22.0 Å². The number of pyridine rings is 1. The van der Waals surface area contributed by atoms with Gasteiger partial charge in [-0.25, -0.2) is 9.59 Å². The van der Waals surface area contributed by atoms with Gasteiger partial charge in [-0.3, -0.25) is 19.0 Å². The lowest BCUT2D eigenvalue weighted by Crippen LogP contribution is -2.34. The highest BCUT2D eigenvalue weighted by atomic mass is 35.5. The quantitative estimate of drug-likeness (QED) is 0.105. The Morgan fingerprint density at radius 1 is 1.02 bits per heavy atom. The molecule has 0 saturated carbocycles. The fraction of sp³-hybridized carbons (Fsp3) is 0.258. The number of carbonyl (C=O) groups excluding carboxylic acids is 3. The molecule has 4 aromatic rings. The summed E-state index contributed by atoms with van der Waals surface area (Å²) < 4.78 is 21.4. The molecule has 0 aliphatic heterocycles. The number of H-pyrrole nitrogens is 1. The van der Waals surface area contributed by atoms with Crippen molar-refractivity contribution >= 4 is 52.0 Å². The molecule has 2 atom stereocenters. The summed E-state index contributed by atoms with van der Waals surface area (Å²) in [6.07, 6.45) is -1.36. The SMILES string of the molecule is COCC[C@H](C(=O)Nc1ccc2[nH]c(C(=O)OC(C)OC(=O)O)cc2c1)n1cc(OC)c(-c2cc(Cl)ccc2C(C)=O)cc1=O. The van der Waals surface area contributed by atoms with Gasteiger partial charge in [0.2, 0.25) is 12.2 Å². The van der Waals surface area contributed by atoms with Gasteiger partial charge in [0.15, 0.2) is 5.78 Å². The number of esters is 1. The zero-order valence-corrected chi connectivity index (χ0v) is 25.5. The molecule has 0 saturated heterocycles. The first kappa shape index (κ1) is 32.8. The van der Waals surface area contributed by atoms with Crippen LogP contribution in [0, 0.1) is 0 Å². The molecule has 0 fully saturated rings. The molecule has 0 spiro atoms. The summed E-state index contributed by atoms with van der Waals surface area (Å²) >= 11 is 6.20. The van der Waals surface area contributed by atoms with E-state index in [0.717, 1.165) is 0 Å². The van der Waals surface area contributed by atoms with Gasteiger partial charge in [0.05, 0.1) is 13.3 Å². The van der Waals surface area contributed by atoms with Crippen molar-refractivity contribution in [3.8, 4) is 16.9 Å². The molecule has 2 heterocycles. The van der Waals surface area contributed by atoms with Crippen LogP contribution in [0.4, 0.5) is 10.5 Å². The van der Waals surface area contributed by atoms with Crippen molar-refractivity contribution < 1.29 is 43.2 Å². The first-order chi connectivity index (χ1) is 21.4. The first-order valence-corrected chi connectivity index (χ1v) is 13.9. The van der Waals surface area contributed by atoms with Crippen molar-refractivity contribution in [3.63, 3.8) is 0 Å². The summed E-state index contributed by atoms with van der Waals surface area (Å²) in [4.78, 5) is 65.3. The fourth-order valence-electron chi connectivity index (χ4n) is 4.74. The molecule has 0 aliphatic carbocycles. The predicted molar refractivity (Wildman–Crippen MR) is 164 cm³/mol. The van der Waals surface area contributed by atoms with E-state index in [-0.39, 0.29) is 30.3 Å². The summed E-state index contributed by atoms with van der Waals surface area (Å²) in [6, 6.07) is 11.3. The third kappa shape index (κ3) is 7.69. The maximum absolute atomic E-state index is 13.6. The molecule has 3 N–H and O–H groups in total. The molecular formula is C31H30ClN3O10. The van der Waals surface area contributed by atoms with Crippen LogP contribution in [0.5, 0.6) is 5.75 Å². The van der Waals surface area contributed by atoms with Crippen molar-refractivity contribution in [2.75, 3.05) is 26.1 Å². The fourth-order valence-corrected chi connectivity index (χ4v) is 4.92. The van der Waals surface area contributed by atoms with Gasteiger partial charge in [-0.2, -0.15) is 0 Å². The Morgan fingerprint density at radius 2 is 1.78 bits per heavy atom. The maximum Gasteiger partial charge on any atom is 0.508 e. The van der Waals surface area contributed by atoms with Crippen LogP contribution in [0.3, 0.4) is 0 Å². The lowest BCUT2D eigenvalue weighted by atomic mass is 9.97. The summed E-state index contributed by atoms with van der Waals surface area (Å²) in [5.41, 5.74) is 1.54. The number of nitrogens with one attached hydrogen (secondary N) is 2. The molecule has 1 unspecified atom stereocenters. The van der Waals surface area contributed by atoms with Crippen molar-refractivity contribution in [1.29, 1.82) is 0 Å². The van der Waals surface area contributed by atoms with Crippen LogP contribution in [-0.2, 0) is 19.0 Å². The number of hydrogen-bond acceptors (Lipinski definition) is 9. The summed E-state index contributed by atoms with van der Waals surface area (Å²) in [5, 5.41) is 12.4. The summed E-state index contributed by atoms with van der Waals surface area (Å²) in [6.45, 7) is 2.82. The van der Waals surface area contributed by atoms with Crippen LogP contribution >= 0.6 is 11.6 Å². The number of fused-ring (bicyclic) bond motifs is 1. The van der Waals surface area contributed by atoms with Gasteiger partial charge in [0.1, 0.15) is 17.5 Å². The largest absolute Gasteiger partial charge is 0.508 e. The molecule has 13 nitrogen and oxygen atoms in total. The number of methoxy groups -OCH3 is 2. The van der Waals surface area contributed by atoms with Gasteiger partial charge in [-0.1, -0.05) is 11.6 Å². The minimum atomic E-state index is -1.59. The molecule has 2 aromatic carbocycles. The highest BCUT2D eigenvalue weighted by Crippen LogP contribution is 2.34. The number of rotatable bonds is 12. The van der Waals surface area contributed by atoms with Crippen molar-refractivity contribution in [3.05, 3.63) is 81.4 Å². The van der Waals surface area contributed by atoms with E-state index in [9.17, 15) is 24.0 Å². The van der Waals surface area contributed by atoms with Crippen LogP contribution in [0.15, 0.2) is 59.5 Å². The number of ketones is 1. The number of carbonyl (C=O) groups is 4. The number of Topliss-reactive ketones (excluding diaryl/α,β-unsaturated/α-hetero) is 1. The average Bonchev–Trinajstić information content (AvgIpc) is 3.41. The maximum atomic E-state index is 13.6. The number of amides is 1. The van der Waals surface area contributed by atoms with Crippen molar-refractivity contribution in [1.82, 2.24) is 9.55 Å². The van der Waals surface area contributed by atoms with Gasteiger partial charge in [-0.15, -0.1) is 0 Å². The average molecular weight is 640 g/mol. The zero-order valence-electron chi connectivity index (χ0n) is 24.7. The number of nitrogens with zero attached hydrogens (tertiary/aromatic N) is 1. The van der Waals surface area contributed by atoms with E-state index in [2.05, 4.69) is 15.0 Å².